The number of ether oxygens (including phenoxy) is 1. The molecule has 0 amide bonds. The molecule has 2 rings (SSSR count). The van der Waals surface area contributed by atoms with Gasteiger partial charge >= 0.3 is 5.97 Å². The number of aliphatic hydroxyl groups is 1. The smallest absolute Gasteiger partial charge is 0.360 e. The Balaban J connectivity index is 2.15. The van der Waals surface area contributed by atoms with E-state index in [1.165, 1.54) is 6.07 Å². The first-order valence-corrected chi connectivity index (χ1v) is 5.42. The summed E-state index contributed by atoms with van der Waals surface area (Å²) in [6, 6.07) is 1.45. The lowest BCUT2D eigenvalue weighted by atomic mass is 9.97. The van der Waals surface area contributed by atoms with Gasteiger partial charge in [0.25, 0.3) is 0 Å². The lowest BCUT2D eigenvalue weighted by molar-refractivity contribution is 0.00587. The van der Waals surface area contributed by atoms with Crippen LogP contribution in [0.3, 0.4) is 0 Å². The van der Waals surface area contributed by atoms with Crippen molar-refractivity contribution in [2.24, 2.45) is 5.92 Å². The molecule has 88 valence electrons. The monoisotopic (exact) mass is 225 g/mol. The zero-order valence-electron chi connectivity index (χ0n) is 9.40. The van der Waals surface area contributed by atoms with E-state index in [1.54, 1.807) is 13.8 Å². The van der Waals surface area contributed by atoms with Crippen LogP contribution >= 0.6 is 0 Å². The molecule has 0 aromatic carbocycles. The maximum atomic E-state index is 11.3. The van der Waals surface area contributed by atoms with Crippen molar-refractivity contribution in [3.05, 3.63) is 17.5 Å². The molecule has 1 saturated carbocycles. The van der Waals surface area contributed by atoms with E-state index in [1.807, 2.05) is 0 Å². The zero-order chi connectivity index (χ0) is 11.8. The van der Waals surface area contributed by atoms with Crippen LogP contribution in [0.5, 0.6) is 0 Å². The molecule has 0 saturated heterocycles. The number of rotatable bonds is 4. The van der Waals surface area contributed by atoms with Crippen LogP contribution in [0.1, 0.15) is 42.9 Å². The highest BCUT2D eigenvalue weighted by molar-refractivity contribution is 5.87. The molecule has 1 aliphatic rings. The van der Waals surface area contributed by atoms with Crippen LogP contribution in [0, 0.1) is 5.92 Å². The molecule has 16 heavy (non-hydrogen) atoms. The van der Waals surface area contributed by atoms with Gasteiger partial charge < -0.3 is 14.4 Å². The quantitative estimate of drug-likeness (QED) is 0.785. The summed E-state index contributed by atoms with van der Waals surface area (Å²) in [4.78, 5) is 11.3. The second kappa shape index (κ2) is 3.90. The third-order valence-corrected chi connectivity index (χ3v) is 2.87. The Morgan fingerprint density at radius 1 is 1.75 bits per heavy atom. The average molecular weight is 225 g/mol. The standard InChI is InChI=1S/C11H15NO4/c1-3-15-10(13)8-6-9(16-12-8)11(2,14)7-4-5-7/h6-7,14H,3-5H2,1-2H3. The Hall–Kier alpha value is -1.36. The molecule has 0 bridgehead atoms. The summed E-state index contributed by atoms with van der Waals surface area (Å²) in [6.07, 6.45) is 1.95. The number of hydrogen-bond donors (Lipinski definition) is 1. The fourth-order valence-electron chi connectivity index (χ4n) is 1.66. The van der Waals surface area contributed by atoms with Gasteiger partial charge in [-0.25, -0.2) is 4.79 Å². The number of aromatic nitrogens is 1. The number of carbonyl (C=O) groups excluding carboxylic acids is 1. The molecule has 5 heteroatoms. The number of carbonyl (C=O) groups is 1. The van der Waals surface area contributed by atoms with Crippen LogP contribution in [-0.4, -0.2) is 22.8 Å². The first-order chi connectivity index (χ1) is 7.55. The van der Waals surface area contributed by atoms with Gasteiger partial charge in [0.05, 0.1) is 6.61 Å². The van der Waals surface area contributed by atoms with E-state index in [9.17, 15) is 9.90 Å². The minimum Gasteiger partial charge on any atom is -0.461 e. The third kappa shape index (κ3) is 1.95. The fourth-order valence-corrected chi connectivity index (χ4v) is 1.66. The lowest BCUT2D eigenvalue weighted by Crippen LogP contribution is -2.22. The fraction of sp³-hybridized carbons (Fsp3) is 0.636. The average Bonchev–Trinajstić information content (AvgIpc) is 2.96. The number of nitrogens with zero attached hydrogens (tertiary/aromatic N) is 1. The molecule has 1 N–H and O–H groups in total. The van der Waals surface area contributed by atoms with Crippen LogP contribution in [0.25, 0.3) is 0 Å². The third-order valence-electron chi connectivity index (χ3n) is 2.87. The summed E-state index contributed by atoms with van der Waals surface area (Å²) in [5.74, 6) is 0.0117. The molecule has 5 nitrogen and oxygen atoms in total. The van der Waals surface area contributed by atoms with E-state index in [0.29, 0.717) is 12.4 Å². The second-order valence-corrected chi connectivity index (χ2v) is 4.22. The van der Waals surface area contributed by atoms with Crippen LogP contribution < -0.4 is 0 Å². The highest BCUT2D eigenvalue weighted by Crippen LogP contribution is 2.45. The Labute approximate surface area is 93.4 Å². The van der Waals surface area contributed by atoms with Crippen LogP contribution in [0.15, 0.2) is 10.6 Å². The van der Waals surface area contributed by atoms with E-state index < -0.39 is 11.6 Å². The molecule has 0 radical (unpaired) electrons. The molecule has 1 atom stereocenters. The van der Waals surface area contributed by atoms with Crippen molar-refractivity contribution in [2.45, 2.75) is 32.3 Å². The summed E-state index contributed by atoms with van der Waals surface area (Å²) >= 11 is 0. The van der Waals surface area contributed by atoms with Crippen molar-refractivity contribution < 1.29 is 19.2 Å². The van der Waals surface area contributed by atoms with Crippen molar-refractivity contribution >= 4 is 5.97 Å². The molecule has 1 unspecified atom stereocenters. The summed E-state index contributed by atoms with van der Waals surface area (Å²) in [5, 5.41) is 13.8. The van der Waals surface area contributed by atoms with Crippen molar-refractivity contribution in [1.82, 2.24) is 5.16 Å². The van der Waals surface area contributed by atoms with E-state index in [0.717, 1.165) is 12.8 Å². The van der Waals surface area contributed by atoms with Gasteiger partial charge in [-0.05, 0) is 32.6 Å². The summed E-state index contributed by atoms with van der Waals surface area (Å²) in [6.45, 7) is 3.69. The minimum absolute atomic E-state index is 0.109. The molecule has 0 spiro atoms. The normalized spacial score (nSPS) is 19.2. The maximum absolute atomic E-state index is 11.3. The van der Waals surface area contributed by atoms with Gasteiger partial charge in [0.1, 0.15) is 5.60 Å². The van der Waals surface area contributed by atoms with Gasteiger partial charge in [0.2, 0.25) is 0 Å². The largest absolute Gasteiger partial charge is 0.461 e. The van der Waals surface area contributed by atoms with Crippen LogP contribution in [-0.2, 0) is 10.3 Å². The molecule has 1 heterocycles. The van der Waals surface area contributed by atoms with Crippen LogP contribution in [0.2, 0.25) is 0 Å². The van der Waals surface area contributed by atoms with E-state index in [-0.39, 0.29) is 11.6 Å². The Morgan fingerprint density at radius 3 is 3.00 bits per heavy atom. The second-order valence-electron chi connectivity index (χ2n) is 4.22. The lowest BCUT2D eigenvalue weighted by Gasteiger charge is -2.18. The zero-order valence-corrected chi connectivity index (χ0v) is 9.40. The van der Waals surface area contributed by atoms with Crippen molar-refractivity contribution in [1.29, 1.82) is 0 Å². The first-order valence-electron chi connectivity index (χ1n) is 5.42. The van der Waals surface area contributed by atoms with Gasteiger partial charge in [-0.3, -0.25) is 0 Å². The van der Waals surface area contributed by atoms with Crippen molar-refractivity contribution in [3.8, 4) is 0 Å². The van der Waals surface area contributed by atoms with Crippen LogP contribution in [0.4, 0.5) is 0 Å². The van der Waals surface area contributed by atoms with E-state index in [4.69, 9.17) is 9.26 Å². The van der Waals surface area contributed by atoms with Gasteiger partial charge in [-0.2, -0.15) is 0 Å². The van der Waals surface area contributed by atoms with Crippen molar-refractivity contribution in [2.75, 3.05) is 6.61 Å². The molecule has 0 aliphatic heterocycles. The molecule has 1 fully saturated rings. The predicted molar refractivity (Wildman–Crippen MR) is 54.8 cm³/mol. The Morgan fingerprint density at radius 2 is 2.44 bits per heavy atom. The van der Waals surface area contributed by atoms with E-state index in [2.05, 4.69) is 5.16 Å². The van der Waals surface area contributed by atoms with Gasteiger partial charge in [0.15, 0.2) is 11.5 Å². The van der Waals surface area contributed by atoms with Gasteiger partial charge in [0, 0.05) is 6.07 Å². The van der Waals surface area contributed by atoms with Gasteiger partial charge in [-0.15, -0.1) is 0 Å². The summed E-state index contributed by atoms with van der Waals surface area (Å²) in [7, 11) is 0. The Kier molecular flexibility index (Phi) is 2.71. The molecule has 1 aromatic heterocycles. The molecular weight excluding hydrogens is 210 g/mol. The highest BCUT2D eigenvalue weighted by Gasteiger charge is 2.44. The predicted octanol–water partition coefficient (Wildman–Crippen LogP) is 1.47. The first kappa shape index (κ1) is 11.1. The Bertz CT molecular complexity index is 392. The molecule has 1 aliphatic carbocycles. The maximum Gasteiger partial charge on any atom is 0.360 e. The summed E-state index contributed by atoms with van der Waals surface area (Å²) < 4.78 is 9.78. The number of esters is 1. The SMILES string of the molecule is CCOC(=O)c1cc(C(C)(O)C2CC2)on1. The van der Waals surface area contributed by atoms with Crippen molar-refractivity contribution in [3.63, 3.8) is 0 Å². The van der Waals surface area contributed by atoms with E-state index >= 15 is 0 Å². The molecular formula is C11H15NO4. The number of hydrogen-bond acceptors (Lipinski definition) is 5. The minimum atomic E-state index is -1.03. The summed E-state index contributed by atoms with van der Waals surface area (Å²) in [5.41, 5.74) is -0.921. The molecule has 1 aromatic rings. The topological polar surface area (TPSA) is 72.6 Å². The highest BCUT2D eigenvalue weighted by atomic mass is 16.5. The van der Waals surface area contributed by atoms with Gasteiger partial charge in [-0.1, -0.05) is 5.16 Å².